The molecule has 3 nitrogen and oxygen atoms in total. The molecule has 0 radical (unpaired) electrons. The first-order valence-electron chi connectivity index (χ1n) is 6.17. The summed E-state index contributed by atoms with van der Waals surface area (Å²) in [6.07, 6.45) is 3.03. The Kier molecular flexibility index (Phi) is 3.06. The minimum Gasteiger partial charge on any atom is -0.497 e. The first-order chi connectivity index (χ1) is 8.81. The number of rotatable bonds is 3. The van der Waals surface area contributed by atoms with Crippen molar-refractivity contribution in [2.24, 2.45) is 5.73 Å². The Labute approximate surface area is 111 Å². The van der Waals surface area contributed by atoms with Gasteiger partial charge in [0, 0.05) is 16.9 Å². The number of aryl methyl sites for hydroxylation is 2. The summed E-state index contributed by atoms with van der Waals surface area (Å²) in [5.41, 5.74) is 9.36. The van der Waals surface area contributed by atoms with Crippen LogP contribution in [0.25, 0.3) is 11.3 Å². The van der Waals surface area contributed by atoms with E-state index in [9.17, 15) is 0 Å². The van der Waals surface area contributed by atoms with Crippen LogP contribution < -0.4 is 10.5 Å². The molecule has 0 fully saturated rings. The molecule has 0 atom stereocenters. The van der Waals surface area contributed by atoms with E-state index in [1.165, 1.54) is 16.0 Å². The lowest BCUT2D eigenvalue weighted by Crippen LogP contribution is -2.03. The second-order valence-corrected chi connectivity index (χ2v) is 5.61. The molecule has 2 aromatic rings. The molecule has 3 rings (SSSR count). The van der Waals surface area contributed by atoms with Crippen LogP contribution in [-0.4, -0.2) is 18.6 Å². The van der Waals surface area contributed by atoms with Crippen molar-refractivity contribution in [2.75, 3.05) is 13.7 Å². The Morgan fingerprint density at radius 1 is 1.39 bits per heavy atom. The summed E-state index contributed by atoms with van der Waals surface area (Å²) in [4.78, 5) is 6.13. The van der Waals surface area contributed by atoms with Crippen molar-refractivity contribution in [2.45, 2.75) is 19.3 Å². The zero-order valence-electron chi connectivity index (χ0n) is 10.4. The number of thiazole rings is 1. The Bertz CT molecular complexity index is 577. The number of fused-ring (bicyclic) bond motifs is 3. The van der Waals surface area contributed by atoms with E-state index < -0.39 is 0 Å². The fourth-order valence-electron chi connectivity index (χ4n) is 2.39. The SMILES string of the molecule is COc1ccc2c(c1)CCc1sc(CCN)nc1-2. The number of hydrogen-bond donors (Lipinski definition) is 1. The molecule has 1 aliphatic carbocycles. The van der Waals surface area contributed by atoms with Gasteiger partial charge in [0.25, 0.3) is 0 Å². The van der Waals surface area contributed by atoms with Gasteiger partial charge in [-0.2, -0.15) is 0 Å². The van der Waals surface area contributed by atoms with Gasteiger partial charge in [0.1, 0.15) is 5.75 Å². The van der Waals surface area contributed by atoms with Gasteiger partial charge in [-0.3, -0.25) is 0 Å². The van der Waals surface area contributed by atoms with Crippen molar-refractivity contribution in [1.82, 2.24) is 4.98 Å². The van der Waals surface area contributed by atoms with E-state index in [1.54, 1.807) is 7.11 Å². The van der Waals surface area contributed by atoms with Crippen LogP contribution in [0.4, 0.5) is 0 Å². The van der Waals surface area contributed by atoms with Crippen LogP contribution in [0, 0.1) is 0 Å². The third-order valence-electron chi connectivity index (χ3n) is 3.29. The van der Waals surface area contributed by atoms with Crippen LogP contribution in [0.15, 0.2) is 18.2 Å². The molecule has 1 aromatic heterocycles. The largest absolute Gasteiger partial charge is 0.497 e. The molecule has 18 heavy (non-hydrogen) atoms. The zero-order chi connectivity index (χ0) is 12.5. The summed E-state index contributed by atoms with van der Waals surface area (Å²) in [6, 6.07) is 6.26. The van der Waals surface area contributed by atoms with E-state index in [4.69, 9.17) is 15.5 Å². The molecular formula is C14H16N2OS. The third kappa shape index (κ3) is 1.91. The average molecular weight is 260 g/mol. The van der Waals surface area contributed by atoms with Crippen molar-refractivity contribution in [3.63, 3.8) is 0 Å². The molecule has 0 saturated carbocycles. The zero-order valence-corrected chi connectivity index (χ0v) is 11.2. The molecule has 0 amide bonds. The van der Waals surface area contributed by atoms with Crippen molar-refractivity contribution >= 4 is 11.3 Å². The minimum atomic E-state index is 0.669. The lowest BCUT2D eigenvalue weighted by molar-refractivity contribution is 0.414. The predicted molar refractivity (Wildman–Crippen MR) is 74.3 cm³/mol. The number of nitrogens with two attached hydrogens (primary N) is 1. The molecular weight excluding hydrogens is 244 g/mol. The van der Waals surface area contributed by atoms with Gasteiger partial charge in [-0.05, 0) is 43.1 Å². The van der Waals surface area contributed by atoms with Crippen molar-refractivity contribution < 1.29 is 4.74 Å². The monoisotopic (exact) mass is 260 g/mol. The summed E-state index contributed by atoms with van der Waals surface area (Å²) < 4.78 is 5.28. The maximum atomic E-state index is 5.60. The van der Waals surface area contributed by atoms with Gasteiger partial charge in [0.15, 0.2) is 0 Å². The Morgan fingerprint density at radius 3 is 3.06 bits per heavy atom. The molecule has 0 bridgehead atoms. The number of benzene rings is 1. The number of nitrogens with zero attached hydrogens (tertiary/aromatic N) is 1. The topological polar surface area (TPSA) is 48.1 Å². The highest BCUT2D eigenvalue weighted by molar-refractivity contribution is 7.12. The second-order valence-electron chi connectivity index (χ2n) is 4.44. The highest BCUT2D eigenvalue weighted by atomic mass is 32.1. The van der Waals surface area contributed by atoms with E-state index in [0.29, 0.717) is 6.54 Å². The highest BCUT2D eigenvalue weighted by Crippen LogP contribution is 2.37. The van der Waals surface area contributed by atoms with Crippen LogP contribution in [-0.2, 0) is 19.3 Å². The molecule has 0 unspecified atom stereocenters. The van der Waals surface area contributed by atoms with Crippen molar-refractivity contribution in [3.05, 3.63) is 33.6 Å². The lowest BCUT2D eigenvalue weighted by atomic mass is 9.93. The molecule has 2 N–H and O–H groups in total. The molecule has 0 spiro atoms. The van der Waals surface area contributed by atoms with Crippen LogP contribution in [0.5, 0.6) is 5.75 Å². The maximum Gasteiger partial charge on any atom is 0.119 e. The predicted octanol–water partition coefficient (Wildman–Crippen LogP) is 2.42. The summed E-state index contributed by atoms with van der Waals surface area (Å²) >= 11 is 1.81. The summed E-state index contributed by atoms with van der Waals surface area (Å²) in [5, 5.41) is 1.16. The normalized spacial score (nSPS) is 13.0. The lowest BCUT2D eigenvalue weighted by Gasteiger charge is -2.15. The number of aromatic nitrogens is 1. The summed E-state index contributed by atoms with van der Waals surface area (Å²) in [7, 11) is 1.71. The highest BCUT2D eigenvalue weighted by Gasteiger charge is 2.20. The summed E-state index contributed by atoms with van der Waals surface area (Å²) in [5.74, 6) is 0.926. The fraction of sp³-hybridized carbons (Fsp3) is 0.357. The second kappa shape index (κ2) is 4.71. The van der Waals surface area contributed by atoms with Crippen LogP contribution in [0.3, 0.4) is 0 Å². The first kappa shape index (κ1) is 11.7. The number of ether oxygens (including phenoxy) is 1. The fourth-order valence-corrected chi connectivity index (χ4v) is 3.49. The molecule has 0 saturated heterocycles. The maximum absolute atomic E-state index is 5.60. The van der Waals surface area contributed by atoms with Gasteiger partial charge in [-0.1, -0.05) is 0 Å². The molecule has 1 heterocycles. The Hall–Kier alpha value is -1.39. The van der Waals surface area contributed by atoms with E-state index in [1.807, 2.05) is 17.4 Å². The van der Waals surface area contributed by atoms with Gasteiger partial charge in [0.05, 0.1) is 17.8 Å². The average Bonchev–Trinajstić information content (AvgIpc) is 2.81. The first-order valence-corrected chi connectivity index (χ1v) is 6.99. The minimum absolute atomic E-state index is 0.669. The molecule has 4 heteroatoms. The van der Waals surface area contributed by atoms with Crippen LogP contribution >= 0.6 is 11.3 Å². The summed E-state index contributed by atoms with van der Waals surface area (Å²) in [6.45, 7) is 0.669. The van der Waals surface area contributed by atoms with Gasteiger partial charge in [-0.15, -0.1) is 11.3 Å². The van der Waals surface area contributed by atoms with Gasteiger partial charge >= 0.3 is 0 Å². The van der Waals surface area contributed by atoms with Crippen molar-refractivity contribution in [3.8, 4) is 17.0 Å². The van der Waals surface area contributed by atoms with E-state index in [2.05, 4.69) is 12.1 Å². The molecule has 94 valence electrons. The quantitative estimate of drug-likeness (QED) is 0.922. The van der Waals surface area contributed by atoms with Gasteiger partial charge in [-0.25, -0.2) is 4.98 Å². The van der Waals surface area contributed by atoms with E-state index in [-0.39, 0.29) is 0 Å². The molecule has 1 aliphatic rings. The standard InChI is InChI=1S/C14H16N2OS/c1-17-10-3-4-11-9(8-10)2-5-12-14(11)16-13(18-12)6-7-15/h3-4,8H,2,5-7,15H2,1H3. The van der Waals surface area contributed by atoms with E-state index in [0.717, 1.165) is 35.7 Å². The van der Waals surface area contributed by atoms with Gasteiger partial charge < -0.3 is 10.5 Å². The molecule has 1 aromatic carbocycles. The van der Waals surface area contributed by atoms with Crippen LogP contribution in [0.2, 0.25) is 0 Å². The smallest absolute Gasteiger partial charge is 0.119 e. The molecule has 0 aliphatic heterocycles. The van der Waals surface area contributed by atoms with Gasteiger partial charge in [0.2, 0.25) is 0 Å². The van der Waals surface area contributed by atoms with E-state index >= 15 is 0 Å². The van der Waals surface area contributed by atoms with Crippen molar-refractivity contribution in [1.29, 1.82) is 0 Å². The Balaban J connectivity index is 2.05. The number of methoxy groups -OCH3 is 1. The number of hydrogen-bond acceptors (Lipinski definition) is 4. The Morgan fingerprint density at radius 2 is 2.28 bits per heavy atom. The third-order valence-corrected chi connectivity index (χ3v) is 4.46. The van der Waals surface area contributed by atoms with Crippen LogP contribution in [0.1, 0.15) is 15.4 Å².